The summed E-state index contributed by atoms with van der Waals surface area (Å²) in [6.45, 7) is 0.408. The van der Waals surface area contributed by atoms with Gasteiger partial charge in [-0.1, -0.05) is 12.1 Å². The molecule has 5 aromatic heterocycles. The maximum atomic E-state index is 13.1. The van der Waals surface area contributed by atoms with Gasteiger partial charge in [0.1, 0.15) is 11.3 Å². The van der Waals surface area contributed by atoms with Gasteiger partial charge in [0.15, 0.2) is 0 Å². The third-order valence-electron chi connectivity index (χ3n) is 5.75. The second-order valence-corrected chi connectivity index (χ2v) is 7.80. The Hall–Kier alpha value is -4.72. The second kappa shape index (κ2) is 7.16. The van der Waals surface area contributed by atoms with Gasteiger partial charge in [-0.2, -0.15) is 0 Å². The van der Waals surface area contributed by atoms with Gasteiger partial charge < -0.3 is 19.7 Å². The number of aromatic nitrogens is 4. The third kappa shape index (κ3) is 3.08. The van der Waals surface area contributed by atoms with Gasteiger partial charge in [-0.15, -0.1) is 0 Å². The van der Waals surface area contributed by atoms with Crippen molar-refractivity contribution in [3.8, 4) is 11.3 Å². The lowest BCUT2D eigenvalue weighted by molar-refractivity contribution is 0.553. The summed E-state index contributed by atoms with van der Waals surface area (Å²) in [7, 11) is 0. The number of hydrogen-bond acceptors (Lipinski definition) is 6. The smallest absolute Gasteiger partial charge is 0.362 e. The summed E-state index contributed by atoms with van der Waals surface area (Å²) in [5, 5.41) is 2.36. The number of anilines is 1. The number of nitrogens with two attached hydrogens (primary N) is 1. The number of nitrogens with one attached hydrogen (secondary N) is 1. The number of fused-ring (bicyclic) bond motifs is 5. The molecule has 8 nitrogen and oxygen atoms in total. The van der Waals surface area contributed by atoms with Crippen molar-refractivity contribution in [3.05, 3.63) is 99.4 Å². The van der Waals surface area contributed by atoms with E-state index in [-0.39, 0.29) is 11.3 Å². The normalized spacial score (nSPS) is 11.5. The zero-order valence-corrected chi connectivity index (χ0v) is 17.3. The van der Waals surface area contributed by atoms with E-state index in [4.69, 9.17) is 10.2 Å². The summed E-state index contributed by atoms with van der Waals surface area (Å²) >= 11 is 0. The van der Waals surface area contributed by atoms with Crippen LogP contribution in [-0.4, -0.2) is 19.5 Å². The summed E-state index contributed by atoms with van der Waals surface area (Å²) in [5.74, 6) is 0.408. The molecule has 0 amide bonds. The van der Waals surface area contributed by atoms with E-state index in [1.165, 1.54) is 6.07 Å². The molecule has 0 spiro atoms. The number of rotatable bonds is 3. The van der Waals surface area contributed by atoms with Crippen LogP contribution in [0.5, 0.6) is 0 Å². The van der Waals surface area contributed by atoms with E-state index in [9.17, 15) is 9.59 Å². The zero-order valence-electron chi connectivity index (χ0n) is 17.3. The molecular formula is C25H17N5O3. The molecule has 3 N–H and O–H groups in total. The molecule has 0 radical (unpaired) electrons. The van der Waals surface area contributed by atoms with E-state index in [2.05, 4.69) is 15.0 Å². The molecule has 1 aromatic carbocycles. The van der Waals surface area contributed by atoms with Gasteiger partial charge in [-0.05, 0) is 53.6 Å². The Morgan fingerprint density at radius 1 is 0.939 bits per heavy atom. The lowest BCUT2D eigenvalue weighted by atomic mass is 10.1. The Morgan fingerprint density at radius 2 is 1.85 bits per heavy atom. The maximum Gasteiger partial charge on any atom is 0.362 e. The molecule has 8 heteroatoms. The molecule has 6 rings (SSSR count). The van der Waals surface area contributed by atoms with Gasteiger partial charge in [0.2, 0.25) is 11.3 Å². The van der Waals surface area contributed by atoms with Crippen LogP contribution in [0.1, 0.15) is 5.56 Å². The monoisotopic (exact) mass is 435 g/mol. The number of benzene rings is 1. The topological polar surface area (TPSA) is 120 Å². The van der Waals surface area contributed by atoms with E-state index in [0.29, 0.717) is 23.6 Å². The quantitative estimate of drug-likeness (QED) is 0.438. The fourth-order valence-corrected chi connectivity index (χ4v) is 4.36. The predicted octanol–water partition coefficient (Wildman–Crippen LogP) is 3.68. The molecule has 0 aliphatic carbocycles. The Bertz CT molecular complexity index is 1810. The van der Waals surface area contributed by atoms with Crippen LogP contribution in [0.2, 0.25) is 0 Å². The first kappa shape index (κ1) is 19.0. The summed E-state index contributed by atoms with van der Waals surface area (Å²) in [5.41, 5.74) is 9.23. The standard InChI is InChI=1S/C25H17N5O3/c26-20-11-14(8-10-27-20)13-30-19-7-6-15(18-4-1-5-21(31)29-18)12-17(19)22-16-3-2-9-28-24(16)33-25(32)23(22)30/h1-12H,13H2,(H2,26,27)(H,29,31). The van der Waals surface area contributed by atoms with E-state index >= 15 is 0 Å². The Balaban J connectivity index is 1.72. The van der Waals surface area contributed by atoms with Crippen LogP contribution in [0.4, 0.5) is 5.82 Å². The second-order valence-electron chi connectivity index (χ2n) is 7.80. The summed E-state index contributed by atoms with van der Waals surface area (Å²) < 4.78 is 7.49. The van der Waals surface area contributed by atoms with Crippen molar-refractivity contribution >= 4 is 38.7 Å². The van der Waals surface area contributed by atoms with Crippen molar-refractivity contribution in [1.29, 1.82) is 0 Å². The zero-order chi connectivity index (χ0) is 22.5. The molecule has 0 saturated carbocycles. The first-order chi connectivity index (χ1) is 16.1. The molecule has 0 aliphatic heterocycles. The predicted molar refractivity (Wildman–Crippen MR) is 127 cm³/mol. The van der Waals surface area contributed by atoms with Crippen molar-refractivity contribution in [2.24, 2.45) is 0 Å². The number of nitrogens with zero attached hydrogens (tertiary/aromatic N) is 3. The fourth-order valence-electron chi connectivity index (χ4n) is 4.36. The first-order valence-electron chi connectivity index (χ1n) is 10.3. The van der Waals surface area contributed by atoms with Crippen LogP contribution in [-0.2, 0) is 6.54 Å². The number of pyridine rings is 3. The Kier molecular flexibility index (Phi) is 4.13. The van der Waals surface area contributed by atoms with Gasteiger partial charge in [0.25, 0.3) is 0 Å². The Morgan fingerprint density at radius 3 is 2.70 bits per heavy atom. The van der Waals surface area contributed by atoms with Crippen molar-refractivity contribution in [1.82, 2.24) is 19.5 Å². The van der Waals surface area contributed by atoms with Crippen molar-refractivity contribution < 1.29 is 4.42 Å². The van der Waals surface area contributed by atoms with Crippen molar-refractivity contribution in [2.45, 2.75) is 6.54 Å². The van der Waals surface area contributed by atoms with Crippen LogP contribution in [0.25, 0.3) is 44.2 Å². The highest BCUT2D eigenvalue weighted by Gasteiger charge is 2.19. The van der Waals surface area contributed by atoms with E-state index < -0.39 is 5.63 Å². The third-order valence-corrected chi connectivity index (χ3v) is 5.75. The van der Waals surface area contributed by atoms with E-state index in [1.54, 1.807) is 24.5 Å². The van der Waals surface area contributed by atoms with E-state index in [0.717, 1.165) is 32.8 Å². The van der Waals surface area contributed by atoms with Crippen molar-refractivity contribution in [2.75, 3.05) is 5.73 Å². The van der Waals surface area contributed by atoms with Crippen LogP contribution >= 0.6 is 0 Å². The minimum atomic E-state index is -0.468. The highest BCUT2D eigenvalue weighted by molar-refractivity contribution is 6.19. The van der Waals surface area contributed by atoms with Gasteiger partial charge in [0.05, 0.1) is 0 Å². The van der Waals surface area contributed by atoms with Crippen molar-refractivity contribution in [3.63, 3.8) is 0 Å². The average molecular weight is 435 g/mol. The molecule has 0 fully saturated rings. The van der Waals surface area contributed by atoms with E-state index in [1.807, 2.05) is 47.0 Å². The highest BCUT2D eigenvalue weighted by atomic mass is 16.4. The van der Waals surface area contributed by atoms with Crippen LogP contribution in [0.3, 0.4) is 0 Å². The van der Waals surface area contributed by atoms with Crippen LogP contribution in [0.15, 0.2) is 87.1 Å². The summed E-state index contributed by atoms with van der Waals surface area (Å²) in [6, 6.07) is 18.2. The molecule has 0 atom stereocenters. The molecular weight excluding hydrogens is 418 g/mol. The van der Waals surface area contributed by atoms with Crippen LogP contribution < -0.4 is 16.9 Å². The summed E-state index contributed by atoms with van der Waals surface area (Å²) in [6.07, 6.45) is 3.24. The highest BCUT2D eigenvalue weighted by Crippen LogP contribution is 2.35. The largest absolute Gasteiger partial charge is 0.402 e. The Labute approximate surface area is 186 Å². The molecule has 33 heavy (non-hydrogen) atoms. The minimum absolute atomic E-state index is 0.180. The molecule has 6 aromatic rings. The number of nitrogen functional groups attached to an aromatic ring is 1. The SMILES string of the molecule is Nc1cc(Cn2c3ccc(-c4cccc(=O)[nH]4)cc3c3c4cccnc4oc(=O)c32)ccn1. The van der Waals surface area contributed by atoms with Gasteiger partial charge in [-0.25, -0.2) is 14.8 Å². The summed E-state index contributed by atoms with van der Waals surface area (Å²) in [4.78, 5) is 36.1. The average Bonchev–Trinajstić information content (AvgIpc) is 3.13. The lowest BCUT2D eigenvalue weighted by Gasteiger charge is -2.08. The molecule has 0 saturated heterocycles. The minimum Gasteiger partial charge on any atom is -0.402 e. The first-order valence-corrected chi connectivity index (χ1v) is 10.3. The number of aromatic amines is 1. The maximum absolute atomic E-state index is 13.1. The molecule has 0 bridgehead atoms. The van der Waals surface area contributed by atoms with Gasteiger partial charge >= 0.3 is 5.63 Å². The molecule has 5 heterocycles. The van der Waals surface area contributed by atoms with Crippen LogP contribution in [0, 0.1) is 0 Å². The lowest BCUT2D eigenvalue weighted by Crippen LogP contribution is -2.09. The number of H-pyrrole nitrogens is 1. The molecule has 160 valence electrons. The molecule has 0 unspecified atom stereocenters. The van der Waals surface area contributed by atoms with Gasteiger partial charge in [0, 0.05) is 52.4 Å². The molecule has 0 aliphatic rings. The fraction of sp³-hybridized carbons (Fsp3) is 0.0400. The van der Waals surface area contributed by atoms with Gasteiger partial charge in [-0.3, -0.25) is 4.79 Å². The number of hydrogen-bond donors (Lipinski definition) is 2.